The Bertz CT molecular complexity index is 1040. The van der Waals surface area contributed by atoms with Gasteiger partial charge in [0.05, 0.1) is 11.9 Å². The molecule has 7 nitrogen and oxygen atoms in total. The molecule has 4 heterocycles. The molecule has 1 aliphatic rings. The Morgan fingerprint density at radius 2 is 1.93 bits per heavy atom. The van der Waals surface area contributed by atoms with E-state index in [1.807, 2.05) is 47.1 Å². The average molecular weight is 412 g/mol. The van der Waals surface area contributed by atoms with Crippen LogP contribution in [-0.2, 0) is 0 Å². The molecule has 0 atom stereocenters. The summed E-state index contributed by atoms with van der Waals surface area (Å²) in [6.07, 6.45) is 5.73. The molecule has 0 aliphatic carbocycles. The van der Waals surface area contributed by atoms with Crippen molar-refractivity contribution in [2.75, 3.05) is 23.3 Å². The fourth-order valence-corrected chi connectivity index (χ4v) is 4.44. The van der Waals surface area contributed by atoms with Crippen LogP contribution in [0.1, 0.15) is 12.8 Å². The maximum Gasteiger partial charge on any atom is 0.214 e. The average Bonchev–Trinajstić information content (AvgIpc) is 3.29. The van der Waals surface area contributed by atoms with Gasteiger partial charge in [0.15, 0.2) is 0 Å². The second-order valence-electron chi connectivity index (χ2n) is 6.76. The zero-order valence-electron chi connectivity index (χ0n) is 15.0. The molecule has 0 unspecified atom stereocenters. The van der Waals surface area contributed by atoms with Crippen molar-refractivity contribution >= 4 is 38.8 Å². The Balaban J connectivity index is 1.26. The van der Waals surface area contributed by atoms with Gasteiger partial charge in [-0.15, -0.1) is 10.2 Å². The number of fused-ring (bicyclic) bond motifs is 1. The summed E-state index contributed by atoms with van der Waals surface area (Å²) in [5, 5.41) is 18.0. The minimum atomic E-state index is 0.411. The highest BCUT2D eigenvalue weighted by Gasteiger charge is 2.22. The smallest absolute Gasteiger partial charge is 0.214 e. The van der Waals surface area contributed by atoms with Crippen LogP contribution in [0.15, 0.2) is 48.8 Å². The van der Waals surface area contributed by atoms with E-state index in [0.717, 1.165) is 58.1 Å². The van der Waals surface area contributed by atoms with Crippen LogP contribution >= 0.6 is 22.9 Å². The van der Waals surface area contributed by atoms with Gasteiger partial charge in [0.1, 0.15) is 5.82 Å². The van der Waals surface area contributed by atoms with Crippen LogP contribution in [0.25, 0.3) is 16.2 Å². The Morgan fingerprint density at radius 3 is 2.64 bits per heavy atom. The van der Waals surface area contributed by atoms with Gasteiger partial charge in [-0.1, -0.05) is 35.1 Å². The summed E-state index contributed by atoms with van der Waals surface area (Å²) >= 11 is 7.59. The highest BCUT2D eigenvalue weighted by atomic mass is 35.5. The van der Waals surface area contributed by atoms with E-state index in [0.29, 0.717) is 6.04 Å². The van der Waals surface area contributed by atoms with E-state index in [2.05, 4.69) is 20.4 Å². The van der Waals surface area contributed by atoms with E-state index in [4.69, 9.17) is 21.7 Å². The first-order valence-electron chi connectivity index (χ1n) is 9.16. The maximum absolute atomic E-state index is 5.97. The summed E-state index contributed by atoms with van der Waals surface area (Å²) in [6.45, 7) is 1.91. The largest absolute Gasteiger partial charge is 0.366 e. The van der Waals surface area contributed by atoms with E-state index in [1.54, 1.807) is 17.5 Å². The molecule has 3 aromatic heterocycles. The minimum Gasteiger partial charge on any atom is -0.366 e. The van der Waals surface area contributed by atoms with Crippen LogP contribution in [0.4, 0.5) is 10.9 Å². The lowest BCUT2D eigenvalue weighted by Crippen LogP contribution is -2.39. The number of piperidine rings is 1. The second-order valence-corrected chi connectivity index (χ2v) is 8.13. The lowest BCUT2D eigenvalue weighted by atomic mass is 10.1. The Labute approximate surface area is 171 Å². The molecule has 1 aliphatic heterocycles. The van der Waals surface area contributed by atoms with Crippen molar-refractivity contribution in [3.63, 3.8) is 0 Å². The molecule has 0 saturated carbocycles. The van der Waals surface area contributed by atoms with Crippen LogP contribution in [0.2, 0.25) is 5.02 Å². The molecule has 142 valence electrons. The zero-order valence-corrected chi connectivity index (χ0v) is 16.6. The molecule has 1 N–H and O–H groups in total. The van der Waals surface area contributed by atoms with Crippen molar-refractivity contribution in [3.05, 3.63) is 53.8 Å². The Morgan fingerprint density at radius 1 is 1.11 bits per heavy atom. The van der Waals surface area contributed by atoms with Gasteiger partial charge in [-0.2, -0.15) is 5.10 Å². The van der Waals surface area contributed by atoms with Crippen LogP contribution in [0.5, 0.6) is 0 Å². The van der Waals surface area contributed by atoms with Crippen LogP contribution < -0.4 is 10.2 Å². The lowest BCUT2D eigenvalue weighted by Gasteiger charge is -2.31. The van der Waals surface area contributed by atoms with Crippen molar-refractivity contribution in [1.29, 1.82) is 0 Å². The topological polar surface area (TPSA) is 71.2 Å². The van der Waals surface area contributed by atoms with Gasteiger partial charge in [-0.05, 0) is 37.1 Å². The van der Waals surface area contributed by atoms with Gasteiger partial charge < -0.3 is 10.2 Å². The molecular weight excluding hydrogens is 394 g/mol. The monoisotopic (exact) mass is 411 g/mol. The standard InChI is InChI=1S/C19H18ClN7S/c20-14-5-3-13(4-6-14)16-12-27-18(23-16)28-19(25-27)26-10-7-15(8-11-26)22-17-2-1-9-21-24-17/h1-6,9,12,15H,7-8,10-11H2,(H,22,24). The van der Waals surface area contributed by atoms with E-state index in [9.17, 15) is 0 Å². The van der Waals surface area contributed by atoms with Crippen molar-refractivity contribution in [3.8, 4) is 11.3 Å². The number of nitrogens with zero attached hydrogens (tertiary/aromatic N) is 6. The number of hydrogen-bond donors (Lipinski definition) is 1. The van der Waals surface area contributed by atoms with Crippen LogP contribution in [0.3, 0.4) is 0 Å². The first-order valence-corrected chi connectivity index (χ1v) is 10.4. The molecule has 1 aromatic carbocycles. The summed E-state index contributed by atoms with van der Waals surface area (Å²) in [5.74, 6) is 0.836. The lowest BCUT2D eigenvalue weighted by molar-refractivity contribution is 0.523. The fraction of sp³-hybridized carbons (Fsp3) is 0.263. The normalized spacial score (nSPS) is 15.2. The third-order valence-corrected chi connectivity index (χ3v) is 6.10. The van der Waals surface area contributed by atoms with Gasteiger partial charge in [0.25, 0.3) is 0 Å². The number of imidazole rings is 1. The molecule has 0 bridgehead atoms. The highest BCUT2D eigenvalue weighted by Crippen LogP contribution is 2.29. The highest BCUT2D eigenvalue weighted by molar-refractivity contribution is 7.20. The van der Waals surface area contributed by atoms with Gasteiger partial charge >= 0.3 is 0 Å². The van der Waals surface area contributed by atoms with Gasteiger partial charge in [-0.25, -0.2) is 9.50 Å². The first-order chi connectivity index (χ1) is 13.7. The van der Waals surface area contributed by atoms with Crippen molar-refractivity contribution in [2.24, 2.45) is 0 Å². The van der Waals surface area contributed by atoms with E-state index in [-0.39, 0.29) is 0 Å². The summed E-state index contributed by atoms with van der Waals surface area (Å²) in [6, 6.07) is 12.0. The summed E-state index contributed by atoms with van der Waals surface area (Å²) in [4.78, 5) is 7.95. The molecule has 0 radical (unpaired) electrons. The molecule has 0 amide bonds. The quantitative estimate of drug-likeness (QED) is 0.547. The van der Waals surface area contributed by atoms with E-state index < -0.39 is 0 Å². The number of nitrogens with one attached hydrogen (secondary N) is 1. The van der Waals surface area contributed by atoms with Crippen molar-refractivity contribution in [1.82, 2.24) is 24.8 Å². The third-order valence-electron chi connectivity index (χ3n) is 4.86. The predicted octanol–water partition coefficient (Wildman–Crippen LogP) is 3.98. The number of halogens is 1. The Hall–Kier alpha value is -2.71. The first kappa shape index (κ1) is 17.4. The molecule has 28 heavy (non-hydrogen) atoms. The minimum absolute atomic E-state index is 0.411. The number of rotatable bonds is 4. The maximum atomic E-state index is 5.97. The Kier molecular flexibility index (Phi) is 4.58. The summed E-state index contributed by atoms with van der Waals surface area (Å²) < 4.78 is 1.87. The summed E-state index contributed by atoms with van der Waals surface area (Å²) in [7, 11) is 0. The van der Waals surface area contributed by atoms with Gasteiger partial charge in [0, 0.05) is 35.9 Å². The molecule has 1 fully saturated rings. The third kappa shape index (κ3) is 3.53. The van der Waals surface area contributed by atoms with Gasteiger partial charge in [0.2, 0.25) is 10.1 Å². The number of aromatic nitrogens is 5. The second kappa shape index (κ2) is 7.37. The molecule has 4 aromatic rings. The molecule has 9 heteroatoms. The SMILES string of the molecule is Clc1ccc(-c2cn3nc(N4CCC(Nc5cccnn5)CC4)sc3n2)cc1. The predicted molar refractivity (Wildman–Crippen MR) is 112 cm³/mol. The van der Waals surface area contributed by atoms with Crippen LogP contribution in [-0.4, -0.2) is 43.9 Å². The van der Waals surface area contributed by atoms with Crippen molar-refractivity contribution < 1.29 is 0 Å². The molecule has 0 spiro atoms. The fourth-order valence-electron chi connectivity index (χ4n) is 3.38. The van der Waals surface area contributed by atoms with E-state index in [1.165, 1.54) is 0 Å². The molecular formula is C19H18ClN7S. The summed E-state index contributed by atoms with van der Waals surface area (Å²) in [5.41, 5.74) is 1.95. The van der Waals surface area contributed by atoms with Crippen molar-refractivity contribution in [2.45, 2.75) is 18.9 Å². The molecule has 1 saturated heterocycles. The van der Waals surface area contributed by atoms with E-state index >= 15 is 0 Å². The number of benzene rings is 1. The number of anilines is 2. The number of hydrogen-bond acceptors (Lipinski definition) is 7. The van der Waals surface area contributed by atoms with Crippen LogP contribution in [0, 0.1) is 0 Å². The van der Waals surface area contributed by atoms with Gasteiger partial charge in [-0.3, -0.25) is 0 Å². The molecule has 5 rings (SSSR count). The zero-order chi connectivity index (χ0) is 18.9.